The summed E-state index contributed by atoms with van der Waals surface area (Å²) in [4.78, 5) is 0. The highest BCUT2D eigenvalue weighted by molar-refractivity contribution is 9.10. The van der Waals surface area contributed by atoms with E-state index < -0.39 is 11.6 Å². The minimum atomic E-state index is -0.823. The summed E-state index contributed by atoms with van der Waals surface area (Å²) in [5.41, 5.74) is 3.94. The molecule has 0 aliphatic heterocycles. The SMILES string of the molecule is Cc1cc(C)c(NCc2ccc(F)c(F)c2)c(Br)c1. The summed E-state index contributed by atoms with van der Waals surface area (Å²) >= 11 is 3.50. The fourth-order valence-corrected chi connectivity index (χ4v) is 2.79. The predicted octanol–water partition coefficient (Wildman–Crippen LogP) is 4.96. The molecular weight excluding hydrogens is 312 g/mol. The van der Waals surface area contributed by atoms with Gasteiger partial charge in [-0.3, -0.25) is 0 Å². The van der Waals surface area contributed by atoms with Crippen molar-refractivity contribution in [2.75, 3.05) is 5.32 Å². The third kappa shape index (κ3) is 3.32. The lowest BCUT2D eigenvalue weighted by Gasteiger charge is -2.13. The number of anilines is 1. The summed E-state index contributed by atoms with van der Waals surface area (Å²) < 4.78 is 26.9. The quantitative estimate of drug-likeness (QED) is 0.841. The van der Waals surface area contributed by atoms with Crippen molar-refractivity contribution in [2.45, 2.75) is 20.4 Å². The van der Waals surface area contributed by atoms with E-state index in [2.05, 4.69) is 27.3 Å². The van der Waals surface area contributed by atoms with E-state index in [9.17, 15) is 8.78 Å². The monoisotopic (exact) mass is 325 g/mol. The Morgan fingerprint density at radius 1 is 1.05 bits per heavy atom. The summed E-state index contributed by atoms with van der Waals surface area (Å²) in [5, 5.41) is 3.24. The normalized spacial score (nSPS) is 10.6. The third-order valence-electron chi connectivity index (χ3n) is 2.89. The van der Waals surface area contributed by atoms with E-state index in [4.69, 9.17) is 0 Å². The second-order valence-electron chi connectivity index (χ2n) is 4.54. The average Bonchev–Trinajstić information content (AvgIpc) is 2.32. The number of benzene rings is 2. The molecule has 1 N–H and O–H groups in total. The maximum absolute atomic E-state index is 13.1. The molecule has 0 saturated carbocycles. The van der Waals surface area contributed by atoms with E-state index in [0.717, 1.165) is 21.8 Å². The van der Waals surface area contributed by atoms with E-state index >= 15 is 0 Å². The molecule has 0 fully saturated rings. The van der Waals surface area contributed by atoms with Gasteiger partial charge in [-0.05, 0) is 64.7 Å². The zero-order chi connectivity index (χ0) is 14.0. The lowest BCUT2D eigenvalue weighted by Crippen LogP contribution is -2.03. The van der Waals surface area contributed by atoms with Gasteiger partial charge in [0.15, 0.2) is 11.6 Å². The van der Waals surface area contributed by atoms with Gasteiger partial charge >= 0.3 is 0 Å². The number of hydrogen-bond donors (Lipinski definition) is 1. The summed E-state index contributed by atoms with van der Waals surface area (Å²) in [5.74, 6) is -1.64. The highest BCUT2D eigenvalue weighted by atomic mass is 79.9. The molecule has 0 aliphatic carbocycles. The van der Waals surface area contributed by atoms with Crippen molar-refractivity contribution < 1.29 is 8.78 Å². The Morgan fingerprint density at radius 2 is 1.79 bits per heavy atom. The van der Waals surface area contributed by atoms with Crippen LogP contribution in [0.5, 0.6) is 0 Å². The van der Waals surface area contributed by atoms with Crippen LogP contribution in [0.1, 0.15) is 16.7 Å². The topological polar surface area (TPSA) is 12.0 Å². The number of nitrogens with one attached hydrogen (secondary N) is 1. The molecule has 1 nitrogen and oxygen atoms in total. The van der Waals surface area contributed by atoms with Crippen molar-refractivity contribution in [3.63, 3.8) is 0 Å². The molecule has 0 saturated heterocycles. The van der Waals surface area contributed by atoms with Crippen molar-refractivity contribution in [3.8, 4) is 0 Å². The highest BCUT2D eigenvalue weighted by Crippen LogP contribution is 2.28. The fourth-order valence-electron chi connectivity index (χ4n) is 1.98. The molecule has 0 bridgehead atoms. The predicted molar refractivity (Wildman–Crippen MR) is 77.3 cm³/mol. The van der Waals surface area contributed by atoms with Crippen LogP contribution in [0.2, 0.25) is 0 Å². The Kier molecular flexibility index (Phi) is 4.20. The molecule has 0 spiro atoms. The summed E-state index contributed by atoms with van der Waals surface area (Å²) in [6.45, 7) is 4.47. The fraction of sp³-hybridized carbons (Fsp3) is 0.200. The van der Waals surface area contributed by atoms with Gasteiger partial charge in [-0.2, -0.15) is 0 Å². The largest absolute Gasteiger partial charge is 0.380 e. The van der Waals surface area contributed by atoms with Gasteiger partial charge in [0.1, 0.15) is 0 Å². The molecule has 0 unspecified atom stereocenters. The first-order valence-corrected chi connectivity index (χ1v) is 6.71. The van der Waals surface area contributed by atoms with Crippen LogP contribution in [0.4, 0.5) is 14.5 Å². The molecule has 0 amide bonds. The molecule has 2 aromatic carbocycles. The summed E-state index contributed by atoms with van der Waals surface area (Å²) in [7, 11) is 0. The molecule has 2 rings (SSSR count). The van der Waals surface area contributed by atoms with E-state index in [-0.39, 0.29) is 0 Å². The number of hydrogen-bond acceptors (Lipinski definition) is 1. The van der Waals surface area contributed by atoms with Crippen LogP contribution in [-0.4, -0.2) is 0 Å². The van der Waals surface area contributed by atoms with Crippen molar-refractivity contribution in [1.82, 2.24) is 0 Å². The van der Waals surface area contributed by atoms with Crippen LogP contribution in [0.3, 0.4) is 0 Å². The van der Waals surface area contributed by atoms with Gasteiger partial charge in [0.2, 0.25) is 0 Å². The van der Waals surface area contributed by atoms with Gasteiger partial charge < -0.3 is 5.32 Å². The standard InChI is InChI=1S/C15H14BrF2N/c1-9-5-10(2)15(12(16)6-9)19-8-11-3-4-13(17)14(18)7-11/h3-7,19H,8H2,1-2H3. The van der Waals surface area contributed by atoms with E-state index in [1.807, 2.05) is 19.9 Å². The van der Waals surface area contributed by atoms with Crippen LogP contribution < -0.4 is 5.32 Å². The van der Waals surface area contributed by atoms with E-state index in [0.29, 0.717) is 12.1 Å². The Bertz CT molecular complexity index is 588. The molecule has 100 valence electrons. The van der Waals surface area contributed by atoms with Crippen LogP contribution in [0, 0.1) is 25.5 Å². The van der Waals surface area contributed by atoms with Crippen molar-refractivity contribution in [3.05, 3.63) is 63.1 Å². The molecular formula is C15H14BrF2N. The zero-order valence-electron chi connectivity index (χ0n) is 10.7. The molecule has 2 aromatic rings. The van der Waals surface area contributed by atoms with E-state index in [1.165, 1.54) is 11.6 Å². The van der Waals surface area contributed by atoms with Gasteiger partial charge in [0, 0.05) is 11.0 Å². The van der Waals surface area contributed by atoms with Gasteiger partial charge in [0.25, 0.3) is 0 Å². The van der Waals surface area contributed by atoms with Crippen LogP contribution in [-0.2, 0) is 6.54 Å². The van der Waals surface area contributed by atoms with E-state index in [1.54, 1.807) is 6.07 Å². The van der Waals surface area contributed by atoms with Crippen molar-refractivity contribution in [1.29, 1.82) is 0 Å². The molecule has 0 aromatic heterocycles. The molecule has 0 radical (unpaired) electrons. The second-order valence-corrected chi connectivity index (χ2v) is 5.39. The molecule has 19 heavy (non-hydrogen) atoms. The molecule has 0 atom stereocenters. The maximum atomic E-state index is 13.1. The Labute approximate surface area is 119 Å². The van der Waals surface area contributed by atoms with Crippen LogP contribution in [0.25, 0.3) is 0 Å². The third-order valence-corrected chi connectivity index (χ3v) is 3.51. The average molecular weight is 326 g/mol. The van der Waals surface area contributed by atoms with Crippen LogP contribution in [0.15, 0.2) is 34.8 Å². The molecule has 0 aliphatic rings. The van der Waals surface area contributed by atoms with Crippen LogP contribution >= 0.6 is 15.9 Å². The minimum Gasteiger partial charge on any atom is -0.380 e. The Hall–Kier alpha value is -1.42. The van der Waals surface area contributed by atoms with Gasteiger partial charge in [-0.25, -0.2) is 8.78 Å². The molecule has 4 heteroatoms. The number of rotatable bonds is 3. The van der Waals surface area contributed by atoms with Gasteiger partial charge in [-0.15, -0.1) is 0 Å². The highest BCUT2D eigenvalue weighted by Gasteiger charge is 2.06. The second kappa shape index (κ2) is 5.70. The number of halogens is 3. The zero-order valence-corrected chi connectivity index (χ0v) is 12.3. The smallest absolute Gasteiger partial charge is 0.159 e. The van der Waals surface area contributed by atoms with Gasteiger partial charge in [0.05, 0.1) is 5.69 Å². The van der Waals surface area contributed by atoms with Crippen molar-refractivity contribution in [2.24, 2.45) is 0 Å². The Morgan fingerprint density at radius 3 is 2.42 bits per heavy atom. The maximum Gasteiger partial charge on any atom is 0.159 e. The minimum absolute atomic E-state index is 0.444. The lowest BCUT2D eigenvalue weighted by molar-refractivity contribution is 0.507. The Balaban J connectivity index is 2.16. The first-order chi connectivity index (χ1) is 8.97. The molecule has 0 heterocycles. The van der Waals surface area contributed by atoms with Gasteiger partial charge in [-0.1, -0.05) is 12.1 Å². The summed E-state index contributed by atoms with van der Waals surface area (Å²) in [6, 6.07) is 8.00. The first kappa shape index (κ1) is 14.0. The number of aryl methyl sites for hydroxylation is 2. The summed E-state index contributed by atoms with van der Waals surface area (Å²) in [6.07, 6.45) is 0. The lowest BCUT2D eigenvalue weighted by atomic mass is 10.1. The van der Waals surface area contributed by atoms with Crippen molar-refractivity contribution >= 4 is 21.6 Å². The first-order valence-electron chi connectivity index (χ1n) is 5.92.